The minimum absolute atomic E-state index is 0.0231. The van der Waals surface area contributed by atoms with Gasteiger partial charge in [-0.1, -0.05) is 105 Å². The van der Waals surface area contributed by atoms with Crippen molar-refractivity contribution in [3.05, 3.63) is 132 Å². The van der Waals surface area contributed by atoms with Crippen molar-refractivity contribution in [2.75, 3.05) is 0 Å². The Kier molecular flexibility index (Phi) is 10.8. The van der Waals surface area contributed by atoms with E-state index in [0.717, 1.165) is 5.56 Å². The lowest BCUT2D eigenvalue weighted by Gasteiger charge is -2.30. The number of amides is 2. The van der Waals surface area contributed by atoms with Crippen LogP contribution in [0, 0.1) is 11.3 Å². The van der Waals surface area contributed by atoms with Gasteiger partial charge in [0.05, 0.1) is 0 Å². The van der Waals surface area contributed by atoms with Crippen LogP contribution < -0.4 is 25.4 Å². The number of carbonyl (C=O) groups excluding carboxylic acids is 2. The van der Waals surface area contributed by atoms with Crippen LogP contribution in [0.4, 0.5) is 4.79 Å². The Hall–Kier alpha value is -5.08. The maximum absolute atomic E-state index is 14.8. The molecule has 0 heterocycles. The molecular formula is C33H35N4O6P. The average molecular weight is 615 g/mol. The van der Waals surface area contributed by atoms with Crippen LogP contribution in [-0.2, 0) is 20.7 Å². The SMILES string of the molecule is CC(C)[C@H](NC(=O)OCc1ccccc1)C(=O)NC(c1ccc(C(=N)N)cc1)P(=O)(Oc1ccccc1)Oc1ccccc1. The van der Waals surface area contributed by atoms with Crippen molar-refractivity contribution in [1.82, 2.24) is 10.6 Å². The van der Waals surface area contributed by atoms with Gasteiger partial charge in [-0.05, 0) is 41.3 Å². The summed E-state index contributed by atoms with van der Waals surface area (Å²) in [5.41, 5.74) is 7.24. The summed E-state index contributed by atoms with van der Waals surface area (Å²) in [5, 5.41) is 13.2. The molecule has 2 atom stereocenters. The molecule has 11 heteroatoms. The number of carbonyl (C=O) groups is 2. The maximum atomic E-state index is 14.8. The molecule has 0 bridgehead atoms. The van der Waals surface area contributed by atoms with Gasteiger partial charge < -0.3 is 30.2 Å². The molecule has 0 fully saturated rings. The summed E-state index contributed by atoms with van der Waals surface area (Å²) < 4.78 is 32.3. The molecule has 0 spiro atoms. The van der Waals surface area contributed by atoms with Crippen LogP contribution in [0.1, 0.15) is 36.3 Å². The second-order valence-electron chi connectivity index (χ2n) is 10.2. The van der Waals surface area contributed by atoms with Crippen molar-refractivity contribution in [3.8, 4) is 11.5 Å². The van der Waals surface area contributed by atoms with E-state index in [1.807, 2.05) is 30.3 Å². The van der Waals surface area contributed by atoms with Gasteiger partial charge in [-0.2, -0.15) is 0 Å². The van der Waals surface area contributed by atoms with E-state index >= 15 is 0 Å². The molecule has 0 aromatic heterocycles. The number of rotatable bonds is 13. The molecule has 0 saturated carbocycles. The van der Waals surface area contributed by atoms with Gasteiger partial charge in [-0.25, -0.2) is 9.36 Å². The Morgan fingerprint density at radius 3 is 1.75 bits per heavy atom. The van der Waals surface area contributed by atoms with E-state index in [4.69, 9.17) is 24.9 Å². The average Bonchev–Trinajstić information content (AvgIpc) is 3.02. The van der Waals surface area contributed by atoms with Crippen LogP contribution in [0.15, 0.2) is 115 Å². The molecule has 4 aromatic carbocycles. The van der Waals surface area contributed by atoms with Crippen LogP contribution in [0.3, 0.4) is 0 Å². The lowest BCUT2D eigenvalue weighted by Crippen LogP contribution is -2.50. The molecular weight excluding hydrogens is 579 g/mol. The number of nitrogens with one attached hydrogen (secondary N) is 3. The zero-order chi connectivity index (χ0) is 31.5. The van der Waals surface area contributed by atoms with Crippen molar-refractivity contribution in [2.24, 2.45) is 11.7 Å². The second-order valence-corrected chi connectivity index (χ2v) is 12.2. The predicted molar refractivity (Wildman–Crippen MR) is 168 cm³/mol. The van der Waals surface area contributed by atoms with Crippen LogP contribution in [0.5, 0.6) is 11.5 Å². The first-order valence-electron chi connectivity index (χ1n) is 14.0. The summed E-state index contributed by atoms with van der Waals surface area (Å²) >= 11 is 0. The summed E-state index contributed by atoms with van der Waals surface area (Å²) in [7, 11) is -4.31. The Balaban J connectivity index is 1.66. The van der Waals surface area contributed by atoms with Crippen molar-refractivity contribution < 1.29 is 27.9 Å². The molecule has 4 rings (SSSR count). The van der Waals surface area contributed by atoms with Crippen molar-refractivity contribution in [3.63, 3.8) is 0 Å². The topological polar surface area (TPSA) is 153 Å². The molecule has 0 radical (unpaired) electrons. The van der Waals surface area contributed by atoms with Gasteiger partial charge in [-0.15, -0.1) is 0 Å². The first-order valence-corrected chi connectivity index (χ1v) is 15.6. The van der Waals surface area contributed by atoms with E-state index in [9.17, 15) is 14.2 Å². The summed E-state index contributed by atoms with van der Waals surface area (Å²) in [6.07, 6.45) is -0.783. The number of amidine groups is 1. The standard InChI is InChI=1S/C33H35N4O6P/c1-23(2)29(36-33(39)41-22-24-12-6-3-7-13-24)31(38)37-32(26-20-18-25(19-21-26)30(34)35)44(40,42-27-14-8-4-9-15-27)43-28-16-10-5-11-17-28/h3-21,23,29,32H,22H2,1-2H3,(H3,34,35)(H,36,39)(H,37,38)/t29-,32?/m0/s1. The lowest BCUT2D eigenvalue weighted by molar-refractivity contribution is -0.124. The van der Waals surface area contributed by atoms with Crippen molar-refractivity contribution in [1.29, 1.82) is 5.41 Å². The van der Waals surface area contributed by atoms with Crippen LogP contribution in [-0.4, -0.2) is 23.9 Å². The van der Waals surface area contributed by atoms with Gasteiger partial charge in [0.1, 0.15) is 30.0 Å². The van der Waals surface area contributed by atoms with Gasteiger partial charge in [-0.3, -0.25) is 10.2 Å². The number of para-hydroxylation sites is 2. The number of ether oxygens (including phenoxy) is 1. The predicted octanol–water partition coefficient (Wildman–Crippen LogP) is 6.39. The summed E-state index contributed by atoms with van der Waals surface area (Å²) in [4.78, 5) is 26.6. The van der Waals surface area contributed by atoms with Crippen LogP contribution in [0.2, 0.25) is 0 Å². The number of hydrogen-bond donors (Lipinski definition) is 4. The third-order valence-electron chi connectivity index (χ3n) is 6.52. The molecule has 10 nitrogen and oxygen atoms in total. The van der Waals surface area contributed by atoms with Gasteiger partial charge in [0.2, 0.25) is 5.91 Å². The summed E-state index contributed by atoms with van der Waals surface area (Å²) in [6.45, 7) is 3.55. The molecule has 0 aliphatic heterocycles. The van der Waals surface area contributed by atoms with E-state index in [0.29, 0.717) is 11.1 Å². The smallest absolute Gasteiger partial charge is 0.445 e. The Labute approximate surface area is 256 Å². The van der Waals surface area contributed by atoms with Crippen LogP contribution in [0.25, 0.3) is 0 Å². The minimum atomic E-state index is -4.31. The molecule has 2 amide bonds. The minimum Gasteiger partial charge on any atom is -0.445 e. The van der Waals surface area contributed by atoms with Gasteiger partial charge in [0.15, 0.2) is 5.78 Å². The summed E-state index contributed by atoms with van der Waals surface area (Å²) in [6, 6.07) is 31.4. The van der Waals surface area contributed by atoms with Crippen LogP contribution >= 0.6 is 7.60 Å². The highest BCUT2D eigenvalue weighted by Crippen LogP contribution is 2.59. The largest absolute Gasteiger partial charge is 0.457 e. The fourth-order valence-corrected chi connectivity index (χ4v) is 6.12. The maximum Gasteiger partial charge on any atom is 0.457 e. The van der Waals surface area contributed by atoms with E-state index < -0.39 is 31.4 Å². The number of nitrogens with two attached hydrogens (primary N) is 1. The van der Waals surface area contributed by atoms with Crippen molar-refractivity contribution >= 4 is 25.4 Å². The molecule has 5 N–H and O–H groups in total. The highest BCUT2D eigenvalue weighted by Gasteiger charge is 2.43. The Morgan fingerprint density at radius 1 is 0.773 bits per heavy atom. The fraction of sp³-hybridized carbons (Fsp3) is 0.182. The third kappa shape index (κ3) is 8.72. The molecule has 0 aliphatic carbocycles. The van der Waals surface area contributed by atoms with E-state index in [-0.39, 0.29) is 29.9 Å². The molecule has 44 heavy (non-hydrogen) atoms. The highest BCUT2D eigenvalue weighted by molar-refractivity contribution is 7.55. The molecule has 1 unspecified atom stereocenters. The second kappa shape index (κ2) is 14.9. The monoisotopic (exact) mass is 614 g/mol. The lowest BCUT2D eigenvalue weighted by atomic mass is 10.0. The fourth-order valence-electron chi connectivity index (χ4n) is 4.22. The third-order valence-corrected chi connectivity index (χ3v) is 8.51. The molecule has 228 valence electrons. The zero-order valence-corrected chi connectivity index (χ0v) is 25.3. The number of hydrogen-bond acceptors (Lipinski definition) is 7. The van der Waals surface area contributed by atoms with E-state index in [1.165, 1.54) is 0 Å². The van der Waals surface area contributed by atoms with E-state index in [1.54, 1.807) is 98.8 Å². The number of benzene rings is 4. The van der Waals surface area contributed by atoms with Crippen molar-refractivity contribution in [2.45, 2.75) is 32.3 Å². The normalized spacial score (nSPS) is 12.4. The zero-order valence-electron chi connectivity index (χ0n) is 24.4. The molecule has 4 aromatic rings. The van der Waals surface area contributed by atoms with Gasteiger partial charge >= 0.3 is 13.7 Å². The first kappa shape index (κ1) is 31.8. The molecule has 0 aliphatic rings. The number of alkyl carbamates (subject to hydrolysis) is 1. The first-order chi connectivity index (χ1) is 21.1. The molecule has 0 saturated heterocycles. The summed E-state index contributed by atoms with van der Waals surface area (Å²) in [5.74, 6) is -1.97. The van der Waals surface area contributed by atoms with Gasteiger partial charge in [0.25, 0.3) is 0 Å². The Bertz CT molecular complexity index is 1540. The van der Waals surface area contributed by atoms with E-state index in [2.05, 4.69) is 10.6 Å². The quantitative estimate of drug-likeness (QED) is 0.0774. The Morgan fingerprint density at radius 2 is 1.27 bits per heavy atom. The van der Waals surface area contributed by atoms with Gasteiger partial charge in [0, 0.05) is 5.56 Å². The number of nitrogen functional groups attached to an aromatic ring is 1. The highest BCUT2D eigenvalue weighted by atomic mass is 31.2.